The molecular weight excluding hydrogens is 345 g/mol. The number of nitrogens with one attached hydrogen (secondary N) is 1. The largest absolute Gasteiger partial charge is 0.573 e. The quantitative estimate of drug-likeness (QED) is 0.854. The van der Waals surface area contributed by atoms with Crippen molar-refractivity contribution in [2.45, 2.75) is 11.3 Å². The molecule has 0 aliphatic carbocycles. The van der Waals surface area contributed by atoms with E-state index in [1.54, 1.807) is 0 Å². The van der Waals surface area contributed by atoms with Gasteiger partial charge < -0.3 is 4.74 Å². The molecule has 0 spiro atoms. The van der Waals surface area contributed by atoms with Gasteiger partial charge in [0.1, 0.15) is 17.4 Å². The second-order valence-corrected chi connectivity index (χ2v) is 5.97. The number of halogens is 5. The van der Waals surface area contributed by atoms with Crippen molar-refractivity contribution in [3.63, 3.8) is 0 Å². The van der Waals surface area contributed by atoms with Gasteiger partial charge in [-0.1, -0.05) is 6.07 Å². The molecule has 4 nitrogen and oxygen atoms in total. The van der Waals surface area contributed by atoms with Gasteiger partial charge in [-0.3, -0.25) is 4.72 Å². The smallest absolute Gasteiger partial charge is 0.406 e. The first-order valence-electron chi connectivity index (χ1n) is 5.90. The molecule has 0 fully saturated rings. The average Bonchev–Trinajstić information content (AvgIpc) is 2.35. The van der Waals surface area contributed by atoms with Crippen LogP contribution in [-0.2, 0) is 10.0 Å². The van der Waals surface area contributed by atoms with Gasteiger partial charge in [0.2, 0.25) is 0 Å². The Balaban J connectivity index is 2.31. The third kappa shape index (κ3) is 4.81. The first kappa shape index (κ1) is 17.0. The summed E-state index contributed by atoms with van der Waals surface area (Å²) in [5, 5.41) is 0. The summed E-state index contributed by atoms with van der Waals surface area (Å²) in [5.41, 5.74) is -0.412. The maximum Gasteiger partial charge on any atom is 0.573 e. The Morgan fingerprint density at radius 1 is 0.957 bits per heavy atom. The summed E-state index contributed by atoms with van der Waals surface area (Å²) in [6.07, 6.45) is -4.98. The first-order chi connectivity index (χ1) is 10.5. The molecule has 0 aliphatic rings. The zero-order valence-corrected chi connectivity index (χ0v) is 11.9. The molecule has 0 amide bonds. The molecule has 124 valence electrons. The molecule has 0 atom stereocenters. The van der Waals surface area contributed by atoms with Crippen LogP contribution in [0, 0.1) is 11.6 Å². The molecule has 10 heteroatoms. The number of hydrogen-bond acceptors (Lipinski definition) is 3. The molecule has 2 aromatic carbocycles. The van der Waals surface area contributed by atoms with Crippen LogP contribution in [0.4, 0.5) is 27.6 Å². The molecule has 0 bridgehead atoms. The van der Waals surface area contributed by atoms with Crippen molar-refractivity contribution < 1.29 is 35.1 Å². The number of benzene rings is 2. The zero-order valence-electron chi connectivity index (χ0n) is 11.1. The molecule has 0 unspecified atom stereocenters. The van der Waals surface area contributed by atoms with Crippen LogP contribution in [0.2, 0.25) is 0 Å². The summed E-state index contributed by atoms with van der Waals surface area (Å²) < 4.78 is 92.0. The second-order valence-electron chi connectivity index (χ2n) is 4.29. The van der Waals surface area contributed by atoms with Gasteiger partial charge in [0, 0.05) is 12.1 Å². The number of anilines is 1. The highest BCUT2D eigenvalue weighted by atomic mass is 32.2. The SMILES string of the molecule is O=S(=O)(Nc1cc(F)cc(F)c1)c1cccc(OC(F)(F)F)c1. The molecule has 0 aliphatic heterocycles. The monoisotopic (exact) mass is 353 g/mol. The summed E-state index contributed by atoms with van der Waals surface area (Å²) >= 11 is 0. The maximum atomic E-state index is 13.0. The van der Waals surface area contributed by atoms with Crippen molar-refractivity contribution >= 4 is 15.7 Å². The van der Waals surface area contributed by atoms with E-state index >= 15 is 0 Å². The molecule has 0 heterocycles. The lowest BCUT2D eigenvalue weighted by molar-refractivity contribution is -0.274. The number of hydrogen-bond donors (Lipinski definition) is 1. The lowest BCUT2D eigenvalue weighted by atomic mass is 10.3. The summed E-state index contributed by atoms with van der Waals surface area (Å²) in [5.74, 6) is -2.78. The van der Waals surface area contributed by atoms with Crippen molar-refractivity contribution in [1.82, 2.24) is 0 Å². The summed E-state index contributed by atoms with van der Waals surface area (Å²) in [4.78, 5) is -0.566. The van der Waals surface area contributed by atoms with E-state index in [4.69, 9.17) is 0 Å². The first-order valence-corrected chi connectivity index (χ1v) is 7.38. The molecular formula is C13H8F5NO3S. The van der Waals surface area contributed by atoms with Crippen LogP contribution in [0.3, 0.4) is 0 Å². The van der Waals surface area contributed by atoms with Gasteiger partial charge in [-0.15, -0.1) is 13.2 Å². The van der Waals surface area contributed by atoms with Crippen LogP contribution in [0.15, 0.2) is 47.4 Å². The number of rotatable bonds is 4. The topological polar surface area (TPSA) is 55.4 Å². The fraction of sp³-hybridized carbons (Fsp3) is 0.0769. The van der Waals surface area contributed by atoms with Crippen LogP contribution >= 0.6 is 0 Å². The molecule has 0 aromatic heterocycles. The van der Waals surface area contributed by atoms with Crippen LogP contribution in [0.5, 0.6) is 5.75 Å². The van der Waals surface area contributed by atoms with Gasteiger partial charge in [-0.25, -0.2) is 17.2 Å². The van der Waals surface area contributed by atoms with Crippen molar-refractivity contribution in [1.29, 1.82) is 0 Å². The lowest BCUT2D eigenvalue weighted by Crippen LogP contribution is -2.18. The Morgan fingerprint density at radius 2 is 1.57 bits per heavy atom. The van der Waals surface area contributed by atoms with Gasteiger partial charge in [0.15, 0.2) is 0 Å². The number of sulfonamides is 1. The van der Waals surface area contributed by atoms with Gasteiger partial charge in [-0.05, 0) is 24.3 Å². The third-order valence-corrected chi connectivity index (χ3v) is 3.84. The number of alkyl halides is 3. The lowest BCUT2D eigenvalue weighted by Gasteiger charge is -2.11. The highest BCUT2D eigenvalue weighted by molar-refractivity contribution is 7.92. The molecule has 2 rings (SSSR count). The summed E-state index contributed by atoms with van der Waals surface area (Å²) in [6, 6.07) is 5.55. The van der Waals surface area contributed by atoms with Crippen LogP contribution < -0.4 is 9.46 Å². The Hall–Kier alpha value is -2.36. The molecule has 0 radical (unpaired) electrons. The predicted octanol–water partition coefficient (Wildman–Crippen LogP) is 3.66. The predicted molar refractivity (Wildman–Crippen MR) is 70.3 cm³/mol. The fourth-order valence-electron chi connectivity index (χ4n) is 1.67. The second kappa shape index (κ2) is 6.03. The zero-order chi connectivity index (χ0) is 17.3. The minimum atomic E-state index is -4.98. The molecule has 0 saturated heterocycles. The Kier molecular flexibility index (Phi) is 4.46. The van der Waals surface area contributed by atoms with Crippen molar-refractivity contribution in [2.75, 3.05) is 4.72 Å². The third-order valence-electron chi connectivity index (χ3n) is 2.46. The van der Waals surface area contributed by atoms with E-state index in [2.05, 4.69) is 4.74 Å². The minimum absolute atomic E-state index is 0.412. The Labute approximate surface area is 127 Å². The van der Waals surface area contributed by atoms with Crippen LogP contribution in [0.25, 0.3) is 0 Å². The van der Waals surface area contributed by atoms with Crippen molar-refractivity contribution in [2.24, 2.45) is 0 Å². The van der Waals surface area contributed by atoms with Gasteiger partial charge >= 0.3 is 6.36 Å². The van der Waals surface area contributed by atoms with Gasteiger partial charge in [-0.2, -0.15) is 0 Å². The van der Waals surface area contributed by atoms with E-state index in [0.717, 1.165) is 30.3 Å². The molecule has 2 aromatic rings. The van der Waals surface area contributed by atoms with Crippen LogP contribution in [-0.4, -0.2) is 14.8 Å². The highest BCUT2D eigenvalue weighted by Crippen LogP contribution is 2.26. The number of ether oxygens (including phenoxy) is 1. The highest BCUT2D eigenvalue weighted by Gasteiger charge is 2.31. The molecule has 0 saturated carbocycles. The van der Waals surface area contributed by atoms with Gasteiger partial charge in [0.25, 0.3) is 10.0 Å². The van der Waals surface area contributed by atoms with E-state index in [0.29, 0.717) is 12.1 Å². The Bertz CT molecular complexity index is 800. The van der Waals surface area contributed by atoms with Crippen LogP contribution in [0.1, 0.15) is 0 Å². The standard InChI is InChI=1S/C13H8F5NO3S/c14-8-4-9(15)6-10(5-8)19-23(20,21)12-3-1-2-11(7-12)22-13(16,17)18/h1-7,19H. The van der Waals surface area contributed by atoms with Crippen molar-refractivity contribution in [3.8, 4) is 5.75 Å². The summed E-state index contributed by atoms with van der Waals surface area (Å²) in [6.45, 7) is 0. The summed E-state index contributed by atoms with van der Waals surface area (Å²) in [7, 11) is -4.36. The van der Waals surface area contributed by atoms with Crippen molar-refractivity contribution in [3.05, 3.63) is 54.1 Å². The average molecular weight is 353 g/mol. The Morgan fingerprint density at radius 3 is 2.13 bits per heavy atom. The normalized spacial score (nSPS) is 12.0. The van der Waals surface area contributed by atoms with E-state index in [1.165, 1.54) is 0 Å². The van der Waals surface area contributed by atoms with E-state index in [9.17, 15) is 30.4 Å². The minimum Gasteiger partial charge on any atom is -0.406 e. The molecule has 1 N–H and O–H groups in total. The van der Waals surface area contributed by atoms with E-state index in [-0.39, 0.29) is 0 Å². The fourth-order valence-corrected chi connectivity index (χ4v) is 2.74. The van der Waals surface area contributed by atoms with E-state index in [1.807, 2.05) is 4.72 Å². The maximum absolute atomic E-state index is 13.0. The van der Waals surface area contributed by atoms with E-state index < -0.39 is 44.4 Å². The molecule has 23 heavy (non-hydrogen) atoms. The van der Waals surface area contributed by atoms with Gasteiger partial charge in [0.05, 0.1) is 10.6 Å².